The van der Waals surface area contributed by atoms with E-state index in [-0.39, 0.29) is 76.7 Å². The van der Waals surface area contributed by atoms with Crippen LogP contribution in [-0.2, 0) is 0 Å². The highest BCUT2D eigenvalue weighted by atomic mass is 19.4. The first kappa shape index (κ1) is 72.7. The zero-order chi connectivity index (χ0) is 74.3. The molecule has 1 aromatic carbocycles. The molecule has 8 aromatic rings. The molecule has 14 rings (SSSR count). The maximum atomic E-state index is 13.4. The summed E-state index contributed by atoms with van der Waals surface area (Å²) in [4.78, 5) is 122. The number of aliphatic hydroxyl groups excluding tert-OH is 2. The molecule has 550 valence electrons. The number of hydrogen-bond donors (Lipinski definition) is 9. The van der Waals surface area contributed by atoms with Crippen LogP contribution in [0.3, 0.4) is 0 Å². The Bertz CT molecular complexity index is 4650. The molecule has 6 bridgehead atoms. The number of imidazole rings is 1. The van der Waals surface area contributed by atoms with Crippen LogP contribution in [0.5, 0.6) is 5.88 Å². The zero-order valence-electron chi connectivity index (χ0n) is 55.2. The van der Waals surface area contributed by atoms with Gasteiger partial charge in [0.2, 0.25) is 5.88 Å². The predicted octanol–water partition coefficient (Wildman–Crippen LogP) is 8.56. The minimum atomic E-state index is -4.57. The number of anilines is 9. The van der Waals surface area contributed by atoms with Gasteiger partial charge in [0, 0.05) is 76.0 Å². The largest absolute Gasteiger partial charge is 0.474 e. The number of carbonyl (C=O) groups is 6. The van der Waals surface area contributed by atoms with E-state index in [0.717, 1.165) is 12.6 Å². The average molecular weight is 1460 g/mol. The van der Waals surface area contributed by atoms with E-state index in [1.54, 1.807) is 42.5 Å². The van der Waals surface area contributed by atoms with Crippen LogP contribution >= 0.6 is 0 Å². The Balaban J connectivity index is 0.000000147. The molecule has 10 N–H and O–H groups in total. The highest BCUT2D eigenvalue weighted by molar-refractivity contribution is 6.09. The number of aromatic nitrogens is 10. The fraction of sp³-hybridized carbons (Fsp3) is 0.415. The molecule has 30 nitrogen and oxygen atoms in total. The molecule has 6 amide bonds. The van der Waals surface area contributed by atoms with Crippen molar-refractivity contribution in [2.75, 3.05) is 97.8 Å². The van der Waals surface area contributed by atoms with Gasteiger partial charge in [0.15, 0.2) is 52.1 Å². The molecular formula is C65H67F9N20O10. The number of pyridine rings is 4. The minimum Gasteiger partial charge on any atom is -0.474 e. The number of rotatable bonds is 17. The number of alkyl halides is 9. The summed E-state index contributed by atoms with van der Waals surface area (Å²) in [6, 6.07) is 16.3. The number of H-pyrrole nitrogens is 3. The van der Waals surface area contributed by atoms with Crippen LogP contribution in [0, 0.1) is 12.8 Å². The van der Waals surface area contributed by atoms with Crippen LogP contribution in [0.2, 0.25) is 0 Å². The van der Waals surface area contributed by atoms with Crippen molar-refractivity contribution in [1.82, 2.24) is 50.3 Å². The maximum Gasteiger partial charge on any atom is 0.403 e. The predicted molar refractivity (Wildman–Crippen MR) is 359 cm³/mol. The van der Waals surface area contributed by atoms with E-state index in [1.165, 1.54) is 45.0 Å². The Morgan fingerprint density at radius 3 is 1.68 bits per heavy atom. The second-order valence-corrected chi connectivity index (χ2v) is 25.6. The number of Topliss-reactive ketones (excluding diaryl/α,β-unsaturated/α-hetero) is 3. The zero-order valence-corrected chi connectivity index (χ0v) is 55.2. The molecule has 0 aliphatic carbocycles. The van der Waals surface area contributed by atoms with Crippen molar-refractivity contribution >= 4 is 109 Å². The number of benzene rings is 1. The molecule has 3 fully saturated rings. The van der Waals surface area contributed by atoms with Crippen molar-refractivity contribution in [3.05, 3.63) is 112 Å². The fourth-order valence-corrected chi connectivity index (χ4v) is 12.8. The van der Waals surface area contributed by atoms with E-state index < -0.39 is 111 Å². The lowest BCUT2D eigenvalue weighted by molar-refractivity contribution is -0.168. The summed E-state index contributed by atoms with van der Waals surface area (Å²) in [5.41, 5.74) is 9.35. The lowest BCUT2D eigenvalue weighted by Gasteiger charge is -2.35. The van der Waals surface area contributed by atoms with Crippen LogP contribution in [0.4, 0.5) is 106 Å². The number of ether oxygens (including phenoxy) is 1. The number of amides is 6. The number of nitrogens with two attached hydrogens (primary N) is 1. The summed E-state index contributed by atoms with van der Waals surface area (Å²) >= 11 is 0. The van der Waals surface area contributed by atoms with Gasteiger partial charge in [0.25, 0.3) is 0 Å². The number of ketones is 3. The number of urea groups is 3. The van der Waals surface area contributed by atoms with Crippen LogP contribution in [0.25, 0.3) is 22.1 Å². The van der Waals surface area contributed by atoms with Gasteiger partial charge in [0.05, 0.1) is 70.6 Å². The molecule has 6 atom stereocenters. The van der Waals surface area contributed by atoms with Gasteiger partial charge in [-0.15, -0.1) is 10.2 Å². The van der Waals surface area contributed by atoms with Crippen molar-refractivity contribution in [1.29, 1.82) is 0 Å². The SMILES string of the molecule is C[C@@H](CC(=O)c1ccc2c(n1)N(C(=O)Nc1ccc(OC[C@@H](O)CO)nn1)[C@H]1CCN2C1)C(F)(F)F.Cc1ccc2c(NC(=O)N3c4nc(C(=O)CC[C@@H](N)C(F)(F)F)ccc4N4CC[C@H]3C4)n[nH]c2n1.O=C(CCC(F)(F)F)c1ccc2c(n1)N(C(=O)Nc1ccc3[nH]c(=O)[nH]c3c1)[C@H]1CCN2C1. The number of nitrogens with zero attached hydrogens (tertiary/aromatic N) is 13. The summed E-state index contributed by atoms with van der Waals surface area (Å²) in [5, 5.41) is 41.6. The summed E-state index contributed by atoms with van der Waals surface area (Å²) in [7, 11) is 0. The third kappa shape index (κ3) is 16.1. The van der Waals surface area contributed by atoms with Gasteiger partial charge in [-0.2, -0.15) is 44.6 Å². The molecule has 104 heavy (non-hydrogen) atoms. The van der Waals surface area contributed by atoms with Crippen LogP contribution in [-0.4, -0.2) is 197 Å². The summed E-state index contributed by atoms with van der Waals surface area (Å²) in [5.74, 6) is -2.66. The number of fused-ring (bicyclic) bond motifs is 14. The maximum absolute atomic E-state index is 13.4. The Labute approximate surface area is 582 Å². The first-order chi connectivity index (χ1) is 49.4. The standard InChI is InChI=1S/C22H23F3N8O2.C22H25F3N6O5.C21H19F3N6O3/c1-11-2-3-13-18(27-11)30-31-19(13)29-21(35)33-12-8-9-32(10-12)15-5-4-14(28-20(15)33)16(34)6-7-17(26)22(23,24)25;1-12(22(23,24)25)8-17(34)15-2-3-16-20(26-15)31(13-6-7-30(16)9-13)21(35)27-18-4-5-19(29-28-18)36-11-14(33)10-32;22-21(23,24)7-5-17(31)14-3-4-16-18(26-14)30(12-6-8-29(16)10-12)20(33)25-11-1-2-13-15(9-11)28-19(32)27-13/h2-5,12,17H,6-10,26H2,1H3,(H2,27,29,30,31,35);2-5,12-14,32-33H,6-11H2,1H3,(H,27,28,35);1-4,9,12H,5-8,10H2,(H,25,33)(H2,27,28,32)/t12-,17+;12-,13-,14-;12-/m000/s1. The van der Waals surface area contributed by atoms with E-state index in [9.17, 15) is 78.2 Å². The molecule has 6 aliphatic heterocycles. The quantitative estimate of drug-likeness (QED) is 0.0304. The van der Waals surface area contributed by atoms with Crippen LogP contribution in [0.15, 0.2) is 83.7 Å². The molecule has 0 spiro atoms. The van der Waals surface area contributed by atoms with Crippen molar-refractivity contribution < 1.29 is 83.2 Å². The second-order valence-electron chi connectivity index (χ2n) is 25.6. The highest BCUT2D eigenvalue weighted by Gasteiger charge is 2.45. The monoisotopic (exact) mass is 1460 g/mol. The number of aliphatic hydroxyl groups is 2. The molecule has 0 unspecified atom stereocenters. The van der Waals surface area contributed by atoms with E-state index in [0.29, 0.717) is 109 Å². The molecule has 0 saturated carbocycles. The Morgan fingerprint density at radius 1 is 0.635 bits per heavy atom. The van der Waals surface area contributed by atoms with Crippen molar-refractivity contribution in [2.24, 2.45) is 11.7 Å². The number of hydrogen-bond acceptors (Lipinski definition) is 21. The summed E-state index contributed by atoms with van der Waals surface area (Å²) < 4.78 is 120. The number of halogens is 9. The van der Waals surface area contributed by atoms with Gasteiger partial charge < -0.3 is 50.7 Å². The molecule has 13 heterocycles. The lowest BCUT2D eigenvalue weighted by atomic mass is 10.0. The van der Waals surface area contributed by atoms with Crippen molar-refractivity contribution in [2.45, 2.75) is 114 Å². The lowest BCUT2D eigenvalue weighted by Crippen LogP contribution is -2.48. The molecule has 6 aliphatic rings. The fourth-order valence-electron chi connectivity index (χ4n) is 12.8. The minimum absolute atomic E-state index is 0.0108. The first-order valence-electron chi connectivity index (χ1n) is 32.8. The molecule has 7 aromatic heterocycles. The summed E-state index contributed by atoms with van der Waals surface area (Å²) in [6.45, 7) is 5.94. The van der Waals surface area contributed by atoms with E-state index in [1.807, 2.05) is 22.8 Å². The number of nitrogens with one attached hydrogen (secondary N) is 6. The van der Waals surface area contributed by atoms with Gasteiger partial charge in [-0.05, 0) is 105 Å². The van der Waals surface area contributed by atoms with Gasteiger partial charge in [-0.1, -0.05) is 6.92 Å². The second kappa shape index (κ2) is 29.3. The van der Waals surface area contributed by atoms with Crippen LogP contribution in [0.1, 0.15) is 95.4 Å². The normalized spacial score (nSPS) is 18.0. The smallest absolute Gasteiger partial charge is 0.403 e. The van der Waals surface area contributed by atoms with E-state index in [2.05, 4.69) is 71.1 Å². The van der Waals surface area contributed by atoms with E-state index in [4.69, 9.17) is 15.6 Å². The Morgan fingerprint density at radius 2 is 1.16 bits per heavy atom. The molecule has 39 heteroatoms. The molecule has 0 radical (unpaired) electrons. The van der Waals surface area contributed by atoms with Crippen LogP contribution < -0.4 is 61.5 Å². The average Bonchev–Trinajstić information content (AvgIpc) is 1.58. The van der Waals surface area contributed by atoms with Crippen molar-refractivity contribution in [3.8, 4) is 5.88 Å². The molecule has 3 saturated heterocycles. The third-order valence-corrected chi connectivity index (χ3v) is 18.2. The number of carbonyl (C=O) groups excluding carboxylic acids is 6. The van der Waals surface area contributed by atoms with Gasteiger partial charge in [-0.25, -0.2) is 39.1 Å². The topological polar surface area (TPSA) is 388 Å². The Kier molecular flexibility index (Phi) is 20.5. The van der Waals surface area contributed by atoms with Gasteiger partial charge >= 0.3 is 42.3 Å². The number of aryl methyl sites for hydroxylation is 1. The summed E-state index contributed by atoms with van der Waals surface area (Å²) in [6.07, 6.45) is -16.2. The first-order valence-corrected chi connectivity index (χ1v) is 32.8. The Hall–Kier alpha value is -11.1. The van der Waals surface area contributed by atoms with Gasteiger partial charge in [0.1, 0.15) is 35.8 Å². The van der Waals surface area contributed by atoms with Gasteiger partial charge in [-0.3, -0.25) is 44.8 Å². The third-order valence-electron chi connectivity index (χ3n) is 18.2. The van der Waals surface area contributed by atoms with Crippen molar-refractivity contribution in [3.63, 3.8) is 0 Å². The number of aromatic amines is 3. The van der Waals surface area contributed by atoms with E-state index >= 15 is 0 Å². The molecular weight excluding hydrogens is 1390 g/mol. The highest BCUT2D eigenvalue weighted by Crippen LogP contribution is 2.43.